The van der Waals surface area contributed by atoms with Crippen molar-refractivity contribution in [2.24, 2.45) is 18.0 Å². The molecule has 0 aromatic carbocycles. The Morgan fingerprint density at radius 3 is 2.54 bits per heavy atom. The average Bonchev–Trinajstić information content (AvgIpc) is 3.35. The SMILES string of the molecule is CN=C(NCCNC(=O)C1CC1)NC(C)Cc1c(C)nn(C)c1C. The largest absolute Gasteiger partial charge is 0.355 e. The number of guanidine groups is 1. The van der Waals surface area contributed by atoms with E-state index in [2.05, 4.69) is 39.9 Å². The first-order chi connectivity index (χ1) is 11.4. The van der Waals surface area contributed by atoms with Crippen LogP contribution in [0.4, 0.5) is 0 Å². The Labute approximate surface area is 144 Å². The van der Waals surface area contributed by atoms with Gasteiger partial charge in [-0.3, -0.25) is 14.5 Å². The van der Waals surface area contributed by atoms with Crippen molar-refractivity contribution in [1.82, 2.24) is 25.7 Å². The predicted octanol–water partition coefficient (Wildman–Crippen LogP) is 0.659. The fraction of sp³-hybridized carbons (Fsp3) is 0.706. The highest BCUT2D eigenvalue weighted by Crippen LogP contribution is 2.28. The second-order valence-corrected chi connectivity index (χ2v) is 6.59. The van der Waals surface area contributed by atoms with Crippen molar-refractivity contribution >= 4 is 11.9 Å². The van der Waals surface area contributed by atoms with Gasteiger partial charge in [0.15, 0.2) is 5.96 Å². The summed E-state index contributed by atoms with van der Waals surface area (Å²) in [7, 11) is 3.73. The average molecular weight is 334 g/mol. The van der Waals surface area contributed by atoms with Crippen LogP contribution in [0.1, 0.15) is 36.7 Å². The fourth-order valence-corrected chi connectivity index (χ4v) is 2.75. The quantitative estimate of drug-likeness (QED) is 0.389. The van der Waals surface area contributed by atoms with Gasteiger partial charge in [0.1, 0.15) is 0 Å². The molecule has 7 nitrogen and oxygen atoms in total. The second-order valence-electron chi connectivity index (χ2n) is 6.59. The Bertz CT molecular complexity index is 602. The topological polar surface area (TPSA) is 83.3 Å². The van der Waals surface area contributed by atoms with Crippen LogP contribution in [0.25, 0.3) is 0 Å². The molecule has 1 fully saturated rings. The molecule has 0 aliphatic heterocycles. The van der Waals surface area contributed by atoms with Gasteiger partial charge in [-0.1, -0.05) is 0 Å². The van der Waals surface area contributed by atoms with E-state index in [9.17, 15) is 4.79 Å². The van der Waals surface area contributed by atoms with E-state index in [1.54, 1.807) is 7.05 Å². The number of nitrogens with one attached hydrogen (secondary N) is 3. The number of hydrogen-bond acceptors (Lipinski definition) is 3. The van der Waals surface area contributed by atoms with Crippen LogP contribution in [0, 0.1) is 19.8 Å². The number of hydrogen-bond donors (Lipinski definition) is 3. The van der Waals surface area contributed by atoms with Crippen molar-refractivity contribution in [3.63, 3.8) is 0 Å². The number of aryl methyl sites for hydroxylation is 2. The maximum absolute atomic E-state index is 11.6. The van der Waals surface area contributed by atoms with Gasteiger partial charge >= 0.3 is 0 Å². The van der Waals surface area contributed by atoms with Gasteiger partial charge in [0, 0.05) is 44.8 Å². The Morgan fingerprint density at radius 1 is 1.33 bits per heavy atom. The standard InChI is InChI=1S/C17H30N6O/c1-11(10-15-12(2)22-23(5)13(15)3)21-17(18-4)20-9-8-19-16(24)14-6-7-14/h11,14H,6-10H2,1-5H3,(H,19,24)(H2,18,20,21). The molecular formula is C17H30N6O. The zero-order valence-corrected chi connectivity index (χ0v) is 15.4. The first kappa shape index (κ1) is 18.3. The number of nitrogens with zero attached hydrogens (tertiary/aromatic N) is 3. The molecule has 3 N–H and O–H groups in total. The molecule has 1 unspecified atom stereocenters. The van der Waals surface area contributed by atoms with E-state index in [1.807, 2.05) is 18.7 Å². The summed E-state index contributed by atoms with van der Waals surface area (Å²) in [4.78, 5) is 15.8. The van der Waals surface area contributed by atoms with E-state index in [1.165, 1.54) is 11.3 Å². The van der Waals surface area contributed by atoms with Gasteiger partial charge in [0.05, 0.1) is 5.69 Å². The third-order valence-electron chi connectivity index (χ3n) is 4.44. The second kappa shape index (κ2) is 8.17. The van der Waals surface area contributed by atoms with Crippen LogP contribution in [-0.2, 0) is 18.3 Å². The Hall–Kier alpha value is -2.05. The summed E-state index contributed by atoms with van der Waals surface area (Å²) < 4.78 is 1.92. The van der Waals surface area contributed by atoms with Crippen LogP contribution >= 0.6 is 0 Å². The minimum absolute atomic E-state index is 0.177. The molecule has 2 rings (SSSR count). The number of carbonyl (C=O) groups excluding carboxylic acids is 1. The Morgan fingerprint density at radius 2 is 2.00 bits per heavy atom. The van der Waals surface area contributed by atoms with Gasteiger partial charge in [-0.2, -0.15) is 5.10 Å². The summed E-state index contributed by atoms with van der Waals surface area (Å²) in [6, 6.07) is 0.235. The predicted molar refractivity (Wildman–Crippen MR) is 96.1 cm³/mol. The normalized spacial score (nSPS) is 16.0. The highest BCUT2D eigenvalue weighted by molar-refractivity contribution is 5.81. The number of rotatable bonds is 7. The van der Waals surface area contributed by atoms with Crippen LogP contribution in [-0.4, -0.2) is 47.8 Å². The van der Waals surface area contributed by atoms with Crippen molar-refractivity contribution in [3.8, 4) is 0 Å². The molecule has 0 saturated heterocycles. The third kappa shape index (κ3) is 4.97. The van der Waals surface area contributed by atoms with Gasteiger partial charge in [-0.15, -0.1) is 0 Å². The summed E-state index contributed by atoms with van der Waals surface area (Å²) in [6.45, 7) is 7.55. The summed E-state index contributed by atoms with van der Waals surface area (Å²) in [5.41, 5.74) is 3.56. The molecule has 1 aliphatic rings. The summed E-state index contributed by atoms with van der Waals surface area (Å²) in [6.07, 6.45) is 2.96. The number of aliphatic imine (C=N–C) groups is 1. The van der Waals surface area contributed by atoms with Crippen molar-refractivity contribution in [2.45, 2.75) is 46.1 Å². The van der Waals surface area contributed by atoms with Gasteiger partial charge in [-0.05, 0) is 45.6 Å². The highest BCUT2D eigenvalue weighted by atomic mass is 16.2. The molecule has 1 atom stereocenters. The van der Waals surface area contributed by atoms with Crippen molar-refractivity contribution < 1.29 is 4.79 Å². The van der Waals surface area contributed by atoms with Gasteiger partial charge in [0.25, 0.3) is 0 Å². The van der Waals surface area contributed by atoms with Crippen LogP contribution in [0.5, 0.6) is 0 Å². The lowest BCUT2D eigenvalue weighted by Crippen LogP contribution is -2.45. The molecule has 24 heavy (non-hydrogen) atoms. The van der Waals surface area contributed by atoms with Crippen LogP contribution < -0.4 is 16.0 Å². The zero-order chi connectivity index (χ0) is 17.7. The van der Waals surface area contributed by atoms with Gasteiger partial charge < -0.3 is 16.0 Å². The van der Waals surface area contributed by atoms with E-state index in [0.717, 1.165) is 30.9 Å². The zero-order valence-electron chi connectivity index (χ0n) is 15.4. The molecule has 1 saturated carbocycles. The maximum Gasteiger partial charge on any atom is 0.223 e. The molecule has 0 bridgehead atoms. The molecule has 1 aromatic heterocycles. The Balaban J connectivity index is 1.74. The van der Waals surface area contributed by atoms with E-state index in [0.29, 0.717) is 13.1 Å². The summed E-state index contributed by atoms with van der Waals surface area (Å²) in [5, 5.41) is 14.0. The minimum atomic E-state index is 0.177. The molecule has 134 valence electrons. The number of amides is 1. The smallest absolute Gasteiger partial charge is 0.223 e. The minimum Gasteiger partial charge on any atom is -0.355 e. The fourth-order valence-electron chi connectivity index (χ4n) is 2.75. The van der Waals surface area contributed by atoms with E-state index in [4.69, 9.17) is 0 Å². The summed E-state index contributed by atoms with van der Waals surface area (Å²) in [5.74, 6) is 1.19. The van der Waals surface area contributed by atoms with E-state index in [-0.39, 0.29) is 17.9 Å². The van der Waals surface area contributed by atoms with Crippen LogP contribution in [0.2, 0.25) is 0 Å². The molecule has 0 spiro atoms. The van der Waals surface area contributed by atoms with Crippen LogP contribution in [0.3, 0.4) is 0 Å². The Kier molecular flexibility index (Phi) is 6.23. The lowest BCUT2D eigenvalue weighted by molar-refractivity contribution is -0.122. The number of aromatic nitrogens is 2. The van der Waals surface area contributed by atoms with Gasteiger partial charge in [0.2, 0.25) is 5.91 Å². The monoisotopic (exact) mass is 334 g/mol. The molecule has 1 aliphatic carbocycles. The number of carbonyl (C=O) groups is 1. The maximum atomic E-state index is 11.6. The van der Waals surface area contributed by atoms with Gasteiger partial charge in [-0.25, -0.2) is 0 Å². The lowest BCUT2D eigenvalue weighted by atomic mass is 10.1. The third-order valence-corrected chi connectivity index (χ3v) is 4.44. The highest BCUT2D eigenvalue weighted by Gasteiger charge is 2.28. The van der Waals surface area contributed by atoms with Crippen LogP contribution in [0.15, 0.2) is 4.99 Å². The van der Waals surface area contributed by atoms with Crippen molar-refractivity contribution in [2.75, 3.05) is 20.1 Å². The molecule has 1 heterocycles. The first-order valence-electron chi connectivity index (χ1n) is 8.66. The summed E-state index contributed by atoms with van der Waals surface area (Å²) >= 11 is 0. The first-order valence-corrected chi connectivity index (χ1v) is 8.66. The van der Waals surface area contributed by atoms with Crippen molar-refractivity contribution in [3.05, 3.63) is 17.0 Å². The molecule has 0 radical (unpaired) electrons. The molecule has 1 aromatic rings. The van der Waals surface area contributed by atoms with E-state index >= 15 is 0 Å². The molecule has 1 amide bonds. The molecule has 7 heteroatoms. The molecular weight excluding hydrogens is 304 g/mol. The lowest BCUT2D eigenvalue weighted by Gasteiger charge is -2.18. The van der Waals surface area contributed by atoms with Crippen molar-refractivity contribution in [1.29, 1.82) is 0 Å². The van der Waals surface area contributed by atoms with E-state index < -0.39 is 0 Å².